The van der Waals surface area contributed by atoms with Crippen LogP contribution in [0.5, 0.6) is 5.75 Å². The van der Waals surface area contributed by atoms with Crippen LogP contribution in [0.3, 0.4) is 0 Å². The third kappa shape index (κ3) is 6.43. The summed E-state index contributed by atoms with van der Waals surface area (Å²) in [5, 5.41) is 0.664. The quantitative estimate of drug-likeness (QED) is 0.707. The number of halogens is 1. The van der Waals surface area contributed by atoms with Crippen molar-refractivity contribution in [2.75, 3.05) is 19.7 Å². The van der Waals surface area contributed by atoms with Crippen LogP contribution < -0.4 is 4.74 Å². The average molecular weight is 368 g/mol. The Hall–Kier alpha value is -1.42. The largest absolute Gasteiger partial charge is 0.492 e. The van der Waals surface area contributed by atoms with Gasteiger partial charge in [-0.1, -0.05) is 24.6 Å². The Balaban J connectivity index is 1.86. The first-order valence-electron chi connectivity index (χ1n) is 9.17. The third-order valence-corrected chi connectivity index (χ3v) is 4.56. The molecule has 0 aliphatic carbocycles. The molecule has 25 heavy (non-hydrogen) atoms. The van der Waals surface area contributed by atoms with E-state index in [1.165, 1.54) is 5.56 Å². The second kappa shape index (κ2) is 8.79. The molecule has 0 saturated carbocycles. The number of nitrogens with zero attached hydrogens (tertiary/aromatic N) is 1. The summed E-state index contributed by atoms with van der Waals surface area (Å²) in [6, 6.07) is 6.04. The van der Waals surface area contributed by atoms with Gasteiger partial charge in [0.15, 0.2) is 0 Å². The molecule has 1 aliphatic heterocycles. The van der Waals surface area contributed by atoms with E-state index in [0.717, 1.165) is 44.5 Å². The van der Waals surface area contributed by atoms with E-state index in [9.17, 15) is 4.79 Å². The predicted molar refractivity (Wildman–Crippen MR) is 101 cm³/mol. The number of carbonyl (C=O) groups is 1. The lowest BCUT2D eigenvalue weighted by Gasteiger charge is -2.33. The summed E-state index contributed by atoms with van der Waals surface area (Å²) in [4.78, 5) is 14.0. The molecule has 0 radical (unpaired) electrons. The second-order valence-electron chi connectivity index (χ2n) is 7.73. The van der Waals surface area contributed by atoms with Crippen molar-refractivity contribution in [1.82, 2.24) is 4.90 Å². The standard InChI is InChI=1S/C20H30ClNO3/c1-5-12-24-18-14-16(6-7-17(18)21)13-15-8-10-22(11-9-15)19(23)25-20(2,3)4/h6-7,14-15H,5,8-13H2,1-4H3. The number of amides is 1. The molecule has 1 fully saturated rings. The molecule has 1 aliphatic rings. The molecule has 2 rings (SSSR count). The van der Waals surface area contributed by atoms with Gasteiger partial charge in [-0.05, 0) is 70.1 Å². The number of hydrogen-bond acceptors (Lipinski definition) is 3. The van der Waals surface area contributed by atoms with Crippen molar-refractivity contribution in [2.24, 2.45) is 5.92 Å². The van der Waals surface area contributed by atoms with E-state index >= 15 is 0 Å². The lowest BCUT2D eigenvalue weighted by atomic mass is 9.90. The van der Waals surface area contributed by atoms with Crippen LogP contribution in [0, 0.1) is 5.92 Å². The van der Waals surface area contributed by atoms with E-state index in [2.05, 4.69) is 19.1 Å². The molecule has 1 aromatic rings. The molecule has 1 saturated heterocycles. The van der Waals surface area contributed by atoms with Crippen molar-refractivity contribution in [3.8, 4) is 5.75 Å². The van der Waals surface area contributed by atoms with Gasteiger partial charge >= 0.3 is 6.09 Å². The van der Waals surface area contributed by atoms with Crippen LogP contribution in [-0.4, -0.2) is 36.3 Å². The highest BCUT2D eigenvalue weighted by molar-refractivity contribution is 6.32. The van der Waals surface area contributed by atoms with Gasteiger partial charge in [0.05, 0.1) is 11.6 Å². The Kier molecular flexibility index (Phi) is 7.00. The Morgan fingerprint density at radius 2 is 1.96 bits per heavy atom. The first kappa shape index (κ1) is 19.9. The Morgan fingerprint density at radius 1 is 1.28 bits per heavy atom. The molecule has 0 unspecified atom stereocenters. The zero-order chi connectivity index (χ0) is 18.4. The fraction of sp³-hybridized carbons (Fsp3) is 0.650. The maximum absolute atomic E-state index is 12.1. The van der Waals surface area contributed by atoms with Crippen molar-refractivity contribution in [2.45, 2.75) is 59.0 Å². The summed E-state index contributed by atoms with van der Waals surface area (Å²) < 4.78 is 11.2. The molecule has 0 atom stereocenters. The van der Waals surface area contributed by atoms with Gasteiger partial charge in [0.1, 0.15) is 11.4 Å². The third-order valence-electron chi connectivity index (χ3n) is 4.25. The van der Waals surface area contributed by atoms with E-state index in [1.807, 2.05) is 31.7 Å². The minimum atomic E-state index is -0.438. The van der Waals surface area contributed by atoms with Gasteiger partial charge in [0, 0.05) is 13.1 Å². The lowest BCUT2D eigenvalue weighted by Crippen LogP contribution is -2.42. The van der Waals surface area contributed by atoms with Gasteiger partial charge < -0.3 is 14.4 Å². The average Bonchev–Trinajstić information content (AvgIpc) is 2.54. The SMILES string of the molecule is CCCOc1cc(CC2CCN(C(=O)OC(C)(C)C)CC2)ccc1Cl. The zero-order valence-corrected chi connectivity index (χ0v) is 16.6. The van der Waals surface area contributed by atoms with Crippen LogP contribution in [0.15, 0.2) is 18.2 Å². The monoisotopic (exact) mass is 367 g/mol. The van der Waals surface area contributed by atoms with E-state index in [4.69, 9.17) is 21.1 Å². The first-order valence-corrected chi connectivity index (χ1v) is 9.55. The summed E-state index contributed by atoms with van der Waals surface area (Å²) in [7, 11) is 0. The molecule has 1 amide bonds. The fourth-order valence-corrected chi connectivity index (χ4v) is 3.15. The van der Waals surface area contributed by atoms with Gasteiger partial charge in [-0.2, -0.15) is 0 Å². The van der Waals surface area contributed by atoms with E-state index in [0.29, 0.717) is 17.5 Å². The lowest BCUT2D eigenvalue weighted by molar-refractivity contribution is 0.0184. The van der Waals surface area contributed by atoms with E-state index in [1.54, 1.807) is 0 Å². The van der Waals surface area contributed by atoms with Crippen LogP contribution >= 0.6 is 11.6 Å². The number of piperidine rings is 1. The predicted octanol–water partition coefficient (Wildman–Crippen LogP) is 5.32. The number of hydrogen-bond donors (Lipinski definition) is 0. The fourth-order valence-electron chi connectivity index (χ4n) is 2.98. The molecule has 0 N–H and O–H groups in total. The van der Waals surface area contributed by atoms with Crippen molar-refractivity contribution in [3.63, 3.8) is 0 Å². The summed E-state index contributed by atoms with van der Waals surface area (Å²) >= 11 is 6.20. The van der Waals surface area contributed by atoms with Crippen LogP contribution in [0.4, 0.5) is 4.79 Å². The Morgan fingerprint density at radius 3 is 2.56 bits per heavy atom. The number of benzene rings is 1. The van der Waals surface area contributed by atoms with Crippen molar-refractivity contribution < 1.29 is 14.3 Å². The van der Waals surface area contributed by atoms with Crippen molar-refractivity contribution >= 4 is 17.7 Å². The molecule has 4 nitrogen and oxygen atoms in total. The summed E-state index contributed by atoms with van der Waals surface area (Å²) in [6.45, 7) is 9.97. The van der Waals surface area contributed by atoms with E-state index in [-0.39, 0.29) is 6.09 Å². The first-order chi connectivity index (χ1) is 11.8. The van der Waals surface area contributed by atoms with Crippen molar-refractivity contribution in [1.29, 1.82) is 0 Å². The van der Waals surface area contributed by atoms with Gasteiger partial charge in [0.25, 0.3) is 0 Å². The number of carbonyl (C=O) groups excluding carboxylic acids is 1. The maximum atomic E-state index is 12.1. The Labute approximate surface area is 156 Å². The topological polar surface area (TPSA) is 38.8 Å². The smallest absolute Gasteiger partial charge is 0.410 e. The van der Waals surface area contributed by atoms with Crippen LogP contribution in [0.1, 0.15) is 52.5 Å². The van der Waals surface area contributed by atoms with E-state index < -0.39 is 5.60 Å². The highest BCUT2D eigenvalue weighted by Crippen LogP contribution is 2.29. The highest BCUT2D eigenvalue weighted by Gasteiger charge is 2.27. The van der Waals surface area contributed by atoms with Gasteiger partial charge in [-0.3, -0.25) is 0 Å². The van der Waals surface area contributed by atoms with Gasteiger partial charge in [0.2, 0.25) is 0 Å². The summed E-state index contributed by atoms with van der Waals surface area (Å²) in [5.74, 6) is 1.34. The van der Waals surface area contributed by atoms with Crippen LogP contribution in [0.25, 0.3) is 0 Å². The Bertz CT molecular complexity index is 575. The number of likely N-dealkylation sites (tertiary alicyclic amines) is 1. The molecule has 140 valence electrons. The molecular formula is C20H30ClNO3. The molecule has 0 aromatic heterocycles. The normalized spacial score (nSPS) is 16.0. The van der Waals surface area contributed by atoms with Gasteiger partial charge in [-0.25, -0.2) is 4.79 Å². The highest BCUT2D eigenvalue weighted by atomic mass is 35.5. The molecular weight excluding hydrogens is 338 g/mol. The number of ether oxygens (including phenoxy) is 2. The van der Waals surface area contributed by atoms with Gasteiger partial charge in [-0.15, -0.1) is 0 Å². The minimum absolute atomic E-state index is 0.201. The van der Waals surface area contributed by atoms with Crippen LogP contribution in [0.2, 0.25) is 5.02 Å². The maximum Gasteiger partial charge on any atom is 0.410 e. The molecule has 1 heterocycles. The van der Waals surface area contributed by atoms with Crippen LogP contribution in [-0.2, 0) is 11.2 Å². The summed E-state index contributed by atoms with van der Waals surface area (Å²) in [5.41, 5.74) is 0.804. The second-order valence-corrected chi connectivity index (χ2v) is 8.14. The number of rotatable bonds is 5. The molecule has 5 heteroatoms. The molecule has 0 spiro atoms. The molecule has 0 bridgehead atoms. The molecule has 1 aromatic carbocycles. The zero-order valence-electron chi connectivity index (χ0n) is 15.8. The summed E-state index contributed by atoms with van der Waals surface area (Å²) in [6.07, 6.45) is 3.73. The van der Waals surface area contributed by atoms with Crippen molar-refractivity contribution in [3.05, 3.63) is 28.8 Å². The minimum Gasteiger partial charge on any atom is -0.492 e.